The highest BCUT2D eigenvalue weighted by Crippen LogP contribution is 2.25. The van der Waals surface area contributed by atoms with E-state index in [0.717, 1.165) is 11.5 Å². The molecule has 0 N–H and O–H groups in total. The van der Waals surface area contributed by atoms with E-state index in [0.29, 0.717) is 5.56 Å². The van der Waals surface area contributed by atoms with Gasteiger partial charge in [0, 0.05) is 6.07 Å². The fourth-order valence-corrected chi connectivity index (χ4v) is 2.03. The van der Waals surface area contributed by atoms with Gasteiger partial charge in [0.1, 0.15) is 11.3 Å². The Bertz CT molecular complexity index is 596. The standard InChI is InChI=1S/C15H17N2O2/c1-16-11-7-6-10-14(16)17(2)13-9-5-4-8-12(13)15(18)19-3/h4-11H,1-3H3/q+1. The van der Waals surface area contributed by atoms with E-state index in [9.17, 15) is 4.79 Å². The van der Waals surface area contributed by atoms with Gasteiger partial charge in [-0.2, -0.15) is 0 Å². The van der Waals surface area contributed by atoms with E-state index in [1.807, 2.05) is 66.2 Å². The van der Waals surface area contributed by atoms with Crippen molar-refractivity contribution < 1.29 is 14.1 Å². The molecule has 0 unspecified atom stereocenters. The van der Waals surface area contributed by atoms with Gasteiger partial charge in [0.2, 0.25) is 0 Å². The molecule has 1 aromatic heterocycles. The zero-order chi connectivity index (χ0) is 13.8. The Labute approximate surface area is 112 Å². The smallest absolute Gasteiger partial charge is 0.342 e. The van der Waals surface area contributed by atoms with Gasteiger partial charge >= 0.3 is 5.97 Å². The Hall–Kier alpha value is -2.36. The first-order chi connectivity index (χ1) is 9.15. The van der Waals surface area contributed by atoms with E-state index >= 15 is 0 Å². The second kappa shape index (κ2) is 5.52. The third-order valence-electron chi connectivity index (χ3n) is 3.04. The van der Waals surface area contributed by atoms with Crippen LogP contribution in [-0.2, 0) is 11.8 Å². The van der Waals surface area contributed by atoms with Crippen molar-refractivity contribution in [1.82, 2.24) is 0 Å². The number of anilines is 2. The molecule has 0 radical (unpaired) electrons. The summed E-state index contributed by atoms with van der Waals surface area (Å²) in [4.78, 5) is 13.8. The van der Waals surface area contributed by atoms with E-state index in [-0.39, 0.29) is 5.97 Å². The molecule has 2 rings (SSSR count). The van der Waals surface area contributed by atoms with Crippen LogP contribution in [0.4, 0.5) is 11.5 Å². The Kier molecular flexibility index (Phi) is 3.80. The zero-order valence-electron chi connectivity index (χ0n) is 11.3. The SMILES string of the molecule is COC(=O)c1ccccc1N(C)c1cccc[n+]1C. The number of aryl methyl sites for hydroxylation is 1. The molecule has 0 spiro atoms. The number of carbonyl (C=O) groups excluding carboxylic acids is 1. The average Bonchev–Trinajstić information content (AvgIpc) is 2.46. The monoisotopic (exact) mass is 257 g/mol. The third-order valence-corrected chi connectivity index (χ3v) is 3.04. The first kappa shape index (κ1) is 13.1. The third kappa shape index (κ3) is 2.57. The van der Waals surface area contributed by atoms with Crippen LogP contribution in [0.1, 0.15) is 10.4 Å². The molecule has 0 aliphatic carbocycles. The molecule has 2 aromatic rings. The van der Waals surface area contributed by atoms with Crippen molar-refractivity contribution in [1.29, 1.82) is 0 Å². The molecule has 0 fully saturated rings. The summed E-state index contributed by atoms with van der Waals surface area (Å²) >= 11 is 0. The first-order valence-electron chi connectivity index (χ1n) is 6.01. The molecule has 0 saturated carbocycles. The molecule has 4 heteroatoms. The van der Waals surface area contributed by atoms with Crippen LogP contribution in [0.2, 0.25) is 0 Å². The topological polar surface area (TPSA) is 33.4 Å². The van der Waals surface area contributed by atoms with Gasteiger partial charge in [-0.15, -0.1) is 0 Å². The summed E-state index contributed by atoms with van der Waals surface area (Å²) in [6.45, 7) is 0. The van der Waals surface area contributed by atoms with Crippen molar-refractivity contribution in [2.45, 2.75) is 0 Å². The number of methoxy groups -OCH3 is 1. The van der Waals surface area contributed by atoms with E-state index in [4.69, 9.17) is 4.74 Å². The number of hydrogen-bond acceptors (Lipinski definition) is 3. The lowest BCUT2D eigenvalue weighted by molar-refractivity contribution is -0.658. The number of carbonyl (C=O) groups is 1. The Balaban J connectivity index is 2.48. The highest BCUT2D eigenvalue weighted by Gasteiger charge is 2.21. The van der Waals surface area contributed by atoms with Gasteiger partial charge < -0.3 is 4.74 Å². The molecular weight excluding hydrogens is 240 g/mol. The van der Waals surface area contributed by atoms with Crippen LogP contribution < -0.4 is 9.47 Å². The molecule has 0 atom stereocenters. The summed E-state index contributed by atoms with van der Waals surface area (Å²) in [6.07, 6.45) is 1.96. The quantitative estimate of drug-likeness (QED) is 0.623. The number of esters is 1. The summed E-state index contributed by atoms with van der Waals surface area (Å²) in [5.74, 6) is 0.653. The summed E-state index contributed by atoms with van der Waals surface area (Å²) in [7, 11) is 5.28. The van der Waals surface area contributed by atoms with E-state index in [1.54, 1.807) is 6.07 Å². The van der Waals surface area contributed by atoms with Crippen molar-refractivity contribution in [2.75, 3.05) is 19.1 Å². The maximum atomic E-state index is 11.8. The summed E-state index contributed by atoms with van der Waals surface area (Å²) in [5.41, 5.74) is 1.37. The minimum Gasteiger partial charge on any atom is -0.465 e. The second-order valence-corrected chi connectivity index (χ2v) is 4.24. The number of benzene rings is 1. The molecule has 0 amide bonds. The fraction of sp³-hybridized carbons (Fsp3) is 0.200. The van der Waals surface area contributed by atoms with Gasteiger partial charge in [0.15, 0.2) is 0 Å². The minimum absolute atomic E-state index is 0.332. The lowest BCUT2D eigenvalue weighted by atomic mass is 10.1. The molecule has 1 aromatic carbocycles. The number of pyridine rings is 1. The number of ether oxygens (including phenoxy) is 1. The number of hydrogen-bond donors (Lipinski definition) is 0. The number of para-hydroxylation sites is 1. The predicted octanol–water partition coefficient (Wildman–Crippen LogP) is 2.07. The van der Waals surface area contributed by atoms with Gasteiger partial charge in [-0.3, -0.25) is 0 Å². The summed E-state index contributed by atoms with van der Waals surface area (Å²) in [5, 5.41) is 0. The summed E-state index contributed by atoms with van der Waals surface area (Å²) in [6, 6.07) is 13.3. The van der Waals surface area contributed by atoms with Crippen LogP contribution in [0, 0.1) is 0 Å². The van der Waals surface area contributed by atoms with Gasteiger partial charge in [0.05, 0.1) is 27.4 Å². The molecule has 1 heterocycles. The van der Waals surface area contributed by atoms with Crippen LogP contribution >= 0.6 is 0 Å². The van der Waals surface area contributed by atoms with Gasteiger partial charge in [0.25, 0.3) is 5.82 Å². The van der Waals surface area contributed by atoms with Crippen LogP contribution in [0.3, 0.4) is 0 Å². The normalized spacial score (nSPS) is 10.1. The minimum atomic E-state index is -0.332. The molecule has 98 valence electrons. The Morgan fingerprint density at radius 3 is 2.53 bits per heavy atom. The van der Waals surface area contributed by atoms with E-state index in [1.165, 1.54) is 7.11 Å². The zero-order valence-corrected chi connectivity index (χ0v) is 11.3. The van der Waals surface area contributed by atoms with Gasteiger partial charge in [-0.25, -0.2) is 14.3 Å². The highest BCUT2D eigenvalue weighted by molar-refractivity contribution is 5.96. The lowest BCUT2D eigenvalue weighted by Crippen LogP contribution is -2.35. The molecule has 0 saturated heterocycles. The Morgan fingerprint density at radius 1 is 1.16 bits per heavy atom. The van der Waals surface area contributed by atoms with Gasteiger partial charge in [-0.05, 0) is 18.2 Å². The molecule has 4 nitrogen and oxygen atoms in total. The Morgan fingerprint density at radius 2 is 1.84 bits per heavy atom. The van der Waals surface area contributed by atoms with E-state index in [2.05, 4.69) is 0 Å². The van der Waals surface area contributed by atoms with E-state index < -0.39 is 0 Å². The molecule has 0 aliphatic rings. The summed E-state index contributed by atoms with van der Waals surface area (Å²) < 4.78 is 6.81. The number of aromatic nitrogens is 1. The molecule has 0 aliphatic heterocycles. The highest BCUT2D eigenvalue weighted by atomic mass is 16.5. The van der Waals surface area contributed by atoms with Crippen molar-refractivity contribution in [2.24, 2.45) is 7.05 Å². The van der Waals surface area contributed by atoms with Crippen molar-refractivity contribution >= 4 is 17.5 Å². The lowest BCUT2D eigenvalue weighted by Gasteiger charge is -2.15. The average molecular weight is 257 g/mol. The van der Waals surface area contributed by atoms with Crippen molar-refractivity contribution in [3.63, 3.8) is 0 Å². The van der Waals surface area contributed by atoms with Crippen LogP contribution in [0.25, 0.3) is 0 Å². The molecule has 0 bridgehead atoms. The van der Waals surface area contributed by atoms with Crippen molar-refractivity contribution in [3.8, 4) is 0 Å². The largest absolute Gasteiger partial charge is 0.465 e. The van der Waals surface area contributed by atoms with Crippen LogP contribution in [0.5, 0.6) is 0 Å². The first-order valence-corrected chi connectivity index (χ1v) is 6.01. The van der Waals surface area contributed by atoms with Crippen molar-refractivity contribution in [3.05, 3.63) is 54.2 Å². The van der Waals surface area contributed by atoms with Crippen LogP contribution in [-0.4, -0.2) is 20.1 Å². The number of nitrogens with zero attached hydrogens (tertiary/aromatic N) is 2. The van der Waals surface area contributed by atoms with Gasteiger partial charge in [-0.1, -0.05) is 18.2 Å². The maximum absolute atomic E-state index is 11.8. The second-order valence-electron chi connectivity index (χ2n) is 4.24. The predicted molar refractivity (Wildman–Crippen MR) is 73.5 cm³/mol. The van der Waals surface area contributed by atoms with Crippen LogP contribution in [0.15, 0.2) is 48.7 Å². The molecular formula is C15H17N2O2+. The number of rotatable bonds is 3. The maximum Gasteiger partial charge on any atom is 0.342 e. The fourth-order valence-electron chi connectivity index (χ4n) is 2.03. The molecule has 19 heavy (non-hydrogen) atoms.